The third-order valence-electron chi connectivity index (χ3n) is 5.65. The number of carbonyl (C=O) groups is 1. The first kappa shape index (κ1) is 22.0. The lowest BCUT2D eigenvalue weighted by molar-refractivity contribution is 0.0742. The first-order valence-corrected chi connectivity index (χ1v) is 11.4. The molecule has 0 atom stereocenters. The van der Waals surface area contributed by atoms with E-state index in [0.29, 0.717) is 35.4 Å². The lowest BCUT2D eigenvalue weighted by Crippen LogP contribution is -2.49. The molecule has 0 bridgehead atoms. The van der Waals surface area contributed by atoms with Crippen molar-refractivity contribution in [2.75, 3.05) is 50.6 Å². The van der Waals surface area contributed by atoms with Crippen LogP contribution in [-0.4, -0.2) is 56.2 Å². The van der Waals surface area contributed by atoms with E-state index in [2.05, 4.69) is 47.2 Å². The van der Waals surface area contributed by atoms with E-state index >= 15 is 0 Å². The van der Waals surface area contributed by atoms with Gasteiger partial charge >= 0.3 is 0 Å². The SMILES string of the molecule is COc1ccc(Nc2nc(C(=O)N3CCN(c4cc(C)ccc4C)CC3)cs2)c(OC)c1. The molecule has 1 saturated heterocycles. The molecule has 8 heteroatoms. The third kappa shape index (κ3) is 4.65. The van der Waals surface area contributed by atoms with E-state index in [4.69, 9.17) is 9.47 Å². The molecular weight excluding hydrogens is 424 g/mol. The Morgan fingerprint density at radius 2 is 1.81 bits per heavy atom. The Morgan fingerprint density at radius 1 is 1.03 bits per heavy atom. The van der Waals surface area contributed by atoms with E-state index in [1.807, 2.05) is 17.0 Å². The molecular formula is C24H28N4O3S. The number of anilines is 3. The highest BCUT2D eigenvalue weighted by molar-refractivity contribution is 7.14. The summed E-state index contributed by atoms with van der Waals surface area (Å²) in [6, 6.07) is 12.0. The second-order valence-electron chi connectivity index (χ2n) is 7.80. The van der Waals surface area contributed by atoms with Crippen LogP contribution in [0, 0.1) is 13.8 Å². The van der Waals surface area contributed by atoms with Crippen molar-refractivity contribution in [3.05, 3.63) is 58.6 Å². The van der Waals surface area contributed by atoms with Crippen LogP contribution in [-0.2, 0) is 0 Å². The van der Waals surface area contributed by atoms with Crippen molar-refractivity contribution >= 4 is 33.8 Å². The van der Waals surface area contributed by atoms with Crippen LogP contribution in [0.2, 0.25) is 0 Å². The van der Waals surface area contributed by atoms with E-state index in [9.17, 15) is 4.79 Å². The maximum Gasteiger partial charge on any atom is 0.273 e. The summed E-state index contributed by atoms with van der Waals surface area (Å²) in [6.07, 6.45) is 0. The molecule has 1 N–H and O–H groups in total. The number of methoxy groups -OCH3 is 2. The summed E-state index contributed by atoms with van der Waals surface area (Å²) in [6.45, 7) is 7.23. The number of carbonyl (C=O) groups excluding carboxylic acids is 1. The Kier molecular flexibility index (Phi) is 6.50. The van der Waals surface area contributed by atoms with Crippen molar-refractivity contribution in [1.82, 2.24) is 9.88 Å². The van der Waals surface area contributed by atoms with Crippen LogP contribution in [0.15, 0.2) is 41.8 Å². The minimum atomic E-state index is -0.0309. The van der Waals surface area contributed by atoms with Gasteiger partial charge in [-0.1, -0.05) is 12.1 Å². The number of aryl methyl sites for hydroxylation is 2. The molecule has 2 heterocycles. The molecule has 0 aliphatic carbocycles. The van der Waals surface area contributed by atoms with Crippen molar-refractivity contribution in [3.8, 4) is 11.5 Å². The number of thiazole rings is 1. The van der Waals surface area contributed by atoms with Gasteiger partial charge in [0.25, 0.3) is 5.91 Å². The molecule has 0 spiro atoms. The Bertz CT molecular complexity index is 1110. The Hall–Kier alpha value is -3.26. The van der Waals surface area contributed by atoms with Crippen molar-refractivity contribution in [2.45, 2.75) is 13.8 Å². The zero-order valence-corrected chi connectivity index (χ0v) is 19.7. The van der Waals surface area contributed by atoms with Crippen molar-refractivity contribution in [1.29, 1.82) is 0 Å². The lowest BCUT2D eigenvalue weighted by Gasteiger charge is -2.36. The number of benzene rings is 2. The number of hydrogen-bond donors (Lipinski definition) is 1. The maximum absolute atomic E-state index is 13.0. The van der Waals surface area contributed by atoms with Gasteiger partial charge in [-0.05, 0) is 43.2 Å². The van der Waals surface area contributed by atoms with Crippen LogP contribution >= 0.6 is 11.3 Å². The van der Waals surface area contributed by atoms with Gasteiger partial charge in [-0.25, -0.2) is 4.98 Å². The van der Waals surface area contributed by atoms with Gasteiger partial charge in [0, 0.05) is 43.3 Å². The zero-order valence-electron chi connectivity index (χ0n) is 18.8. The van der Waals surface area contributed by atoms with E-state index < -0.39 is 0 Å². The van der Waals surface area contributed by atoms with Crippen LogP contribution in [0.1, 0.15) is 21.6 Å². The highest BCUT2D eigenvalue weighted by Crippen LogP contribution is 2.32. The summed E-state index contributed by atoms with van der Waals surface area (Å²) in [5.41, 5.74) is 5.00. The van der Waals surface area contributed by atoms with Gasteiger partial charge in [-0.15, -0.1) is 11.3 Å². The van der Waals surface area contributed by atoms with E-state index in [-0.39, 0.29) is 5.91 Å². The van der Waals surface area contributed by atoms with Gasteiger partial charge in [0.1, 0.15) is 17.2 Å². The number of rotatable bonds is 6. The van der Waals surface area contributed by atoms with E-state index in [0.717, 1.165) is 18.8 Å². The second-order valence-corrected chi connectivity index (χ2v) is 8.66. The topological polar surface area (TPSA) is 66.9 Å². The molecule has 1 aliphatic heterocycles. The highest BCUT2D eigenvalue weighted by atomic mass is 32.1. The Morgan fingerprint density at radius 3 is 2.53 bits per heavy atom. The molecule has 168 valence electrons. The van der Waals surface area contributed by atoms with Crippen LogP contribution in [0.25, 0.3) is 0 Å². The van der Waals surface area contributed by atoms with Crippen LogP contribution in [0.4, 0.5) is 16.5 Å². The van der Waals surface area contributed by atoms with Crippen LogP contribution in [0.5, 0.6) is 11.5 Å². The van der Waals surface area contributed by atoms with Gasteiger partial charge in [-0.2, -0.15) is 0 Å². The molecule has 0 unspecified atom stereocenters. The normalized spacial score (nSPS) is 13.8. The number of amides is 1. The molecule has 0 radical (unpaired) electrons. The molecule has 1 aromatic heterocycles. The first-order chi connectivity index (χ1) is 15.5. The fourth-order valence-electron chi connectivity index (χ4n) is 3.82. The average molecular weight is 453 g/mol. The van der Waals surface area contributed by atoms with Gasteiger partial charge in [0.15, 0.2) is 5.13 Å². The summed E-state index contributed by atoms with van der Waals surface area (Å²) < 4.78 is 10.7. The Labute approximate surface area is 192 Å². The number of nitrogens with zero attached hydrogens (tertiary/aromatic N) is 3. The third-order valence-corrected chi connectivity index (χ3v) is 6.40. The second kappa shape index (κ2) is 9.48. The number of aromatic nitrogens is 1. The fraction of sp³-hybridized carbons (Fsp3) is 0.333. The quantitative estimate of drug-likeness (QED) is 0.595. The van der Waals surface area contributed by atoms with E-state index in [1.54, 1.807) is 25.7 Å². The van der Waals surface area contributed by atoms with Gasteiger partial charge in [0.05, 0.1) is 19.9 Å². The van der Waals surface area contributed by atoms with Gasteiger partial charge < -0.3 is 24.6 Å². The summed E-state index contributed by atoms with van der Waals surface area (Å²) >= 11 is 1.40. The number of nitrogens with one attached hydrogen (secondary N) is 1. The molecule has 2 aromatic carbocycles. The predicted octanol–water partition coefficient (Wildman–Crippen LogP) is 4.48. The first-order valence-electron chi connectivity index (χ1n) is 10.5. The maximum atomic E-state index is 13.0. The van der Waals surface area contributed by atoms with Crippen molar-refractivity contribution < 1.29 is 14.3 Å². The minimum Gasteiger partial charge on any atom is -0.497 e. The van der Waals surface area contributed by atoms with Crippen LogP contribution < -0.4 is 19.7 Å². The molecule has 32 heavy (non-hydrogen) atoms. The van der Waals surface area contributed by atoms with Crippen molar-refractivity contribution in [2.24, 2.45) is 0 Å². The summed E-state index contributed by atoms with van der Waals surface area (Å²) in [7, 11) is 3.22. The molecule has 0 saturated carbocycles. The standard InChI is InChI=1S/C24H28N4O3S/c1-16-5-6-17(2)21(13-16)27-9-11-28(12-10-27)23(29)20-15-32-24(26-20)25-19-8-7-18(30-3)14-22(19)31-4/h5-8,13-15H,9-12H2,1-4H3,(H,25,26). The molecule has 7 nitrogen and oxygen atoms in total. The largest absolute Gasteiger partial charge is 0.497 e. The number of piperazine rings is 1. The lowest BCUT2D eigenvalue weighted by atomic mass is 10.1. The molecule has 3 aromatic rings. The van der Waals surface area contributed by atoms with Gasteiger partial charge in [0.2, 0.25) is 0 Å². The molecule has 1 fully saturated rings. The number of hydrogen-bond acceptors (Lipinski definition) is 7. The van der Waals surface area contributed by atoms with Crippen molar-refractivity contribution in [3.63, 3.8) is 0 Å². The van der Waals surface area contributed by atoms with Gasteiger partial charge in [-0.3, -0.25) is 4.79 Å². The van der Waals surface area contributed by atoms with Crippen LogP contribution in [0.3, 0.4) is 0 Å². The summed E-state index contributed by atoms with van der Waals surface area (Å²) in [4.78, 5) is 21.8. The molecule has 1 amide bonds. The molecule has 1 aliphatic rings. The minimum absolute atomic E-state index is 0.0309. The predicted molar refractivity (Wildman–Crippen MR) is 129 cm³/mol. The summed E-state index contributed by atoms with van der Waals surface area (Å²) in [5, 5.41) is 5.69. The Balaban J connectivity index is 1.40. The molecule has 4 rings (SSSR count). The smallest absolute Gasteiger partial charge is 0.273 e. The zero-order chi connectivity index (χ0) is 22.7. The fourth-order valence-corrected chi connectivity index (χ4v) is 4.52. The summed E-state index contributed by atoms with van der Waals surface area (Å²) in [5.74, 6) is 1.33. The highest BCUT2D eigenvalue weighted by Gasteiger charge is 2.25. The average Bonchev–Trinajstić information content (AvgIpc) is 3.29. The monoisotopic (exact) mass is 452 g/mol. The number of ether oxygens (including phenoxy) is 2. The van der Waals surface area contributed by atoms with E-state index in [1.165, 1.54) is 28.2 Å².